The van der Waals surface area contributed by atoms with Crippen LogP contribution in [-0.2, 0) is 26.3 Å². The molecule has 192 valence electrons. The smallest absolute Gasteiger partial charge is 0.304 e. The predicted octanol–water partition coefficient (Wildman–Crippen LogP) is 3.28. The van der Waals surface area contributed by atoms with Crippen LogP contribution in [-0.4, -0.2) is 62.7 Å². The minimum absolute atomic E-state index is 0.0272. The van der Waals surface area contributed by atoms with Gasteiger partial charge < -0.3 is 10.2 Å². The Morgan fingerprint density at radius 1 is 1.03 bits per heavy atom. The third kappa shape index (κ3) is 7.65. The molecule has 0 radical (unpaired) electrons. The van der Waals surface area contributed by atoms with Gasteiger partial charge in [-0.2, -0.15) is 12.7 Å². The number of nitrogens with zero attached hydrogens (tertiary/aromatic N) is 3. The van der Waals surface area contributed by atoms with Gasteiger partial charge in [0.1, 0.15) is 18.4 Å². The minimum atomic E-state index is -4.23. The van der Waals surface area contributed by atoms with Crippen molar-refractivity contribution in [2.24, 2.45) is 5.92 Å². The summed E-state index contributed by atoms with van der Waals surface area (Å²) in [4.78, 5) is 27.6. The van der Waals surface area contributed by atoms with E-state index in [0.717, 1.165) is 10.4 Å². The Morgan fingerprint density at radius 2 is 1.63 bits per heavy atom. The molecule has 0 bridgehead atoms. The molecule has 1 atom stereocenters. The molecule has 2 amide bonds. The SMILES string of the molecule is CC(C)CNC(=O)[C@@H](C)N(Cc1ccc(Cl)cc1)C(=O)CN(c1ccccc1F)S(=O)(=O)N(C)C. The number of rotatable bonds is 11. The monoisotopic (exact) mass is 526 g/mol. The number of anilines is 1. The van der Waals surface area contributed by atoms with Crippen molar-refractivity contribution in [3.63, 3.8) is 0 Å². The second kappa shape index (κ2) is 12.3. The maximum atomic E-state index is 14.6. The Bertz CT molecular complexity index is 1130. The predicted molar refractivity (Wildman–Crippen MR) is 136 cm³/mol. The molecule has 0 fully saturated rings. The van der Waals surface area contributed by atoms with Gasteiger partial charge in [-0.1, -0.05) is 49.7 Å². The average molecular weight is 527 g/mol. The molecule has 0 aromatic heterocycles. The van der Waals surface area contributed by atoms with Crippen LogP contribution in [0.2, 0.25) is 5.02 Å². The molecular formula is C24H32ClFN4O4S. The maximum absolute atomic E-state index is 14.6. The number of hydrogen-bond acceptors (Lipinski definition) is 4. The largest absolute Gasteiger partial charge is 0.354 e. The highest BCUT2D eigenvalue weighted by molar-refractivity contribution is 7.90. The lowest BCUT2D eigenvalue weighted by Crippen LogP contribution is -2.52. The van der Waals surface area contributed by atoms with Crippen molar-refractivity contribution in [2.75, 3.05) is 31.5 Å². The van der Waals surface area contributed by atoms with Crippen LogP contribution in [0.3, 0.4) is 0 Å². The lowest BCUT2D eigenvalue weighted by molar-refractivity contribution is -0.139. The van der Waals surface area contributed by atoms with Crippen molar-refractivity contribution in [1.82, 2.24) is 14.5 Å². The molecule has 0 spiro atoms. The molecule has 0 saturated heterocycles. The second-order valence-electron chi connectivity index (χ2n) is 8.71. The summed E-state index contributed by atoms with van der Waals surface area (Å²) in [5, 5.41) is 3.31. The molecule has 8 nitrogen and oxygen atoms in total. The van der Waals surface area contributed by atoms with Gasteiger partial charge in [-0.25, -0.2) is 8.70 Å². The first-order valence-corrected chi connectivity index (χ1v) is 12.9. The maximum Gasteiger partial charge on any atom is 0.304 e. The van der Waals surface area contributed by atoms with Gasteiger partial charge in [0.25, 0.3) is 0 Å². The fourth-order valence-electron chi connectivity index (χ4n) is 3.18. The third-order valence-corrected chi connectivity index (χ3v) is 7.32. The molecule has 2 aromatic rings. The number of carbonyl (C=O) groups excluding carboxylic acids is 2. The first-order chi connectivity index (χ1) is 16.3. The summed E-state index contributed by atoms with van der Waals surface area (Å²) in [7, 11) is -1.64. The normalized spacial score (nSPS) is 12.5. The fraction of sp³-hybridized carbons (Fsp3) is 0.417. The first kappa shape index (κ1) is 28.5. The molecule has 0 aliphatic rings. The van der Waals surface area contributed by atoms with E-state index in [1.807, 2.05) is 13.8 Å². The van der Waals surface area contributed by atoms with Gasteiger partial charge in [0.15, 0.2) is 0 Å². The van der Waals surface area contributed by atoms with Gasteiger partial charge in [-0.05, 0) is 42.7 Å². The van der Waals surface area contributed by atoms with E-state index in [-0.39, 0.29) is 24.1 Å². The average Bonchev–Trinajstić information content (AvgIpc) is 2.80. The van der Waals surface area contributed by atoms with Crippen LogP contribution in [0.1, 0.15) is 26.3 Å². The van der Waals surface area contributed by atoms with Crippen LogP contribution in [0, 0.1) is 11.7 Å². The molecule has 1 N–H and O–H groups in total. The van der Waals surface area contributed by atoms with Crippen LogP contribution in [0.25, 0.3) is 0 Å². The molecular weight excluding hydrogens is 495 g/mol. The summed E-state index contributed by atoms with van der Waals surface area (Å²) in [6.07, 6.45) is 0. The lowest BCUT2D eigenvalue weighted by Gasteiger charge is -2.33. The number of para-hydroxylation sites is 1. The summed E-state index contributed by atoms with van der Waals surface area (Å²) in [5.74, 6) is -1.64. The number of benzene rings is 2. The van der Waals surface area contributed by atoms with Gasteiger partial charge in [0.05, 0.1) is 5.69 Å². The van der Waals surface area contributed by atoms with Gasteiger partial charge >= 0.3 is 10.2 Å². The van der Waals surface area contributed by atoms with Crippen molar-refractivity contribution in [3.8, 4) is 0 Å². The zero-order valence-corrected chi connectivity index (χ0v) is 22.1. The Balaban J connectivity index is 2.44. The molecule has 0 unspecified atom stereocenters. The number of carbonyl (C=O) groups is 2. The fourth-order valence-corrected chi connectivity index (χ4v) is 4.37. The quantitative estimate of drug-likeness (QED) is 0.486. The standard InChI is InChI=1S/C24H32ClFN4O4S/c1-17(2)14-27-24(32)18(3)29(15-19-10-12-20(25)13-11-19)23(31)16-30(35(33,34)28(4)5)22-9-7-6-8-21(22)26/h6-13,17-18H,14-16H2,1-5H3,(H,27,32)/t18-/m1/s1. The Morgan fingerprint density at radius 3 is 2.17 bits per heavy atom. The van der Waals surface area contributed by atoms with Gasteiger partial charge in [0.2, 0.25) is 11.8 Å². The summed E-state index contributed by atoms with van der Waals surface area (Å²) in [6.45, 7) is 5.20. The van der Waals surface area contributed by atoms with Gasteiger partial charge in [-0.3, -0.25) is 9.59 Å². The van der Waals surface area contributed by atoms with E-state index in [0.29, 0.717) is 21.4 Å². The van der Waals surface area contributed by atoms with E-state index in [1.54, 1.807) is 31.2 Å². The van der Waals surface area contributed by atoms with Crippen LogP contribution in [0.5, 0.6) is 0 Å². The van der Waals surface area contributed by atoms with Crippen molar-refractivity contribution in [3.05, 3.63) is 64.9 Å². The molecule has 35 heavy (non-hydrogen) atoms. The second-order valence-corrected chi connectivity index (χ2v) is 11.2. The number of hydrogen-bond donors (Lipinski definition) is 1. The van der Waals surface area contributed by atoms with E-state index in [9.17, 15) is 22.4 Å². The van der Waals surface area contributed by atoms with Crippen LogP contribution in [0.15, 0.2) is 48.5 Å². The van der Waals surface area contributed by atoms with E-state index in [1.165, 1.54) is 37.2 Å². The Labute approximate surface area is 211 Å². The van der Waals surface area contributed by atoms with Gasteiger partial charge in [-0.15, -0.1) is 0 Å². The summed E-state index contributed by atoms with van der Waals surface area (Å²) < 4.78 is 42.3. The van der Waals surface area contributed by atoms with Crippen molar-refractivity contribution < 1.29 is 22.4 Å². The molecule has 0 aliphatic heterocycles. The highest BCUT2D eigenvalue weighted by Crippen LogP contribution is 2.24. The van der Waals surface area contributed by atoms with Crippen molar-refractivity contribution >= 4 is 39.3 Å². The highest BCUT2D eigenvalue weighted by Gasteiger charge is 2.33. The minimum Gasteiger partial charge on any atom is -0.354 e. The Hall–Kier alpha value is -2.69. The highest BCUT2D eigenvalue weighted by atomic mass is 35.5. The summed E-state index contributed by atoms with van der Waals surface area (Å²) >= 11 is 5.97. The van der Waals surface area contributed by atoms with Gasteiger partial charge in [0, 0.05) is 32.2 Å². The number of amides is 2. The number of nitrogens with one attached hydrogen (secondary N) is 1. The molecule has 11 heteroatoms. The van der Waals surface area contributed by atoms with Crippen LogP contribution >= 0.6 is 11.6 Å². The molecule has 0 heterocycles. The first-order valence-electron chi connectivity index (χ1n) is 11.1. The van der Waals surface area contributed by atoms with Crippen LogP contribution in [0.4, 0.5) is 10.1 Å². The summed E-state index contributed by atoms with van der Waals surface area (Å²) in [6, 6.07) is 11.1. The molecule has 0 aliphatic carbocycles. The molecule has 0 saturated carbocycles. The Kier molecular flexibility index (Phi) is 10.1. The topological polar surface area (TPSA) is 90.0 Å². The van der Waals surface area contributed by atoms with E-state index in [4.69, 9.17) is 11.6 Å². The van der Waals surface area contributed by atoms with Crippen molar-refractivity contribution in [1.29, 1.82) is 0 Å². The van der Waals surface area contributed by atoms with Crippen molar-refractivity contribution in [2.45, 2.75) is 33.4 Å². The summed E-state index contributed by atoms with van der Waals surface area (Å²) in [5.41, 5.74) is 0.428. The zero-order chi connectivity index (χ0) is 26.3. The van der Waals surface area contributed by atoms with E-state index >= 15 is 0 Å². The van der Waals surface area contributed by atoms with E-state index < -0.39 is 34.5 Å². The zero-order valence-electron chi connectivity index (χ0n) is 20.5. The molecule has 2 aromatic carbocycles. The molecule has 2 rings (SSSR count). The third-order valence-electron chi connectivity index (χ3n) is 5.26. The van der Waals surface area contributed by atoms with E-state index in [2.05, 4.69) is 5.32 Å². The number of halogens is 2. The van der Waals surface area contributed by atoms with Crippen LogP contribution < -0.4 is 9.62 Å². The lowest BCUT2D eigenvalue weighted by atomic mass is 10.1.